The third-order valence-corrected chi connectivity index (χ3v) is 3.18. The highest BCUT2D eigenvalue weighted by Crippen LogP contribution is 2.23. The normalized spacial score (nSPS) is 18.7. The Bertz CT molecular complexity index is 584. The van der Waals surface area contributed by atoms with Crippen molar-refractivity contribution in [1.82, 2.24) is 19.7 Å². The maximum absolute atomic E-state index is 11.2. The van der Waals surface area contributed by atoms with Gasteiger partial charge in [-0.3, -0.25) is 4.98 Å². The van der Waals surface area contributed by atoms with Crippen molar-refractivity contribution in [2.75, 3.05) is 11.4 Å². The van der Waals surface area contributed by atoms with Gasteiger partial charge in [0.2, 0.25) is 0 Å². The summed E-state index contributed by atoms with van der Waals surface area (Å²) in [5, 5.41) is 13.3. The van der Waals surface area contributed by atoms with Gasteiger partial charge in [0.15, 0.2) is 5.82 Å². The van der Waals surface area contributed by atoms with Crippen LogP contribution in [0.5, 0.6) is 0 Å². The van der Waals surface area contributed by atoms with Crippen molar-refractivity contribution in [3.8, 4) is 5.82 Å². The van der Waals surface area contributed by atoms with E-state index in [9.17, 15) is 9.90 Å². The van der Waals surface area contributed by atoms with E-state index in [4.69, 9.17) is 0 Å². The minimum absolute atomic E-state index is 0.512. The lowest BCUT2D eigenvalue weighted by atomic mass is 10.2. The van der Waals surface area contributed by atoms with Crippen molar-refractivity contribution in [2.24, 2.45) is 0 Å². The fourth-order valence-corrected chi connectivity index (χ4v) is 2.30. The molecule has 0 aliphatic carbocycles. The number of rotatable bonds is 3. The fourth-order valence-electron chi connectivity index (χ4n) is 2.30. The van der Waals surface area contributed by atoms with Crippen LogP contribution in [0.1, 0.15) is 12.8 Å². The Morgan fingerprint density at radius 1 is 1.37 bits per heavy atom. The summed E-state index contributed by atoms with van der Waals surface area (Å²) in [6.45, 7) is 0.689. The maximum Gasteiger partial charge on any atom is 0.326 e. The van der Waals surface area contributed by atoms with Crippen LogP contribution < -0.4 is 4.90 Å². The Hall–Kier alpha value is -2.44. The summed E-state index contributed by atoms with van der Waals surface area (Å²) in [6, 6.07) is 1.28. The fraction of sp³-hybridized carbons (Fsp3) is 0.333. The largest absolute Gasteiger partial charge is 0.480 e. The summed E-state index contributed by atoms with van der Waals surface area (Å²) in [7, 11) is 0. The molecule has 0 saturated carbocycles. The lowest BCUT2D eigenvalue weighted by Gasteiger charge is -2.22. The van der Waals surface area contributed by atoms with Crippen LogP contribution in [0.15, 0.2) is 30.9 Å². The molecule has 1 saturated heterocycles. The van der Waals surface area contributed by atoms with Crippen LogP contribution in [-0.2, 0) is 4.79 Å². The van der Waals surface area contributed by atoms with Gasteiger partial charge < -0.3 is 10.0 Å². The van der Waals surface area contributed by atoms with E-state index >= 15 is 0 Å². The first-order valence-electron chi connectivity index (χ1n) is 6.07. The second-order valence-electron chi connectivity index (χ2n) is 4.38. The predicted octanol–water partition coefficient (Wildman–Crippen LogP) is 0.716. The van der Waals surface area contributed by atoms with Gasteiger partial charge in [-0.2, -0.15) is 5.10 Å². The van der Waals surface area contributed by atoms with Crippen LogP contribution in [0.25, 0.3) is 5.82 Å². The standard InChI is InChI=1S/C12H13N5O2/c18-12(19)9-3-1-5-16(9)10-7-13-8-11(15-10)17-6-2-4-14-17/h2,4,6-9H,1,3,5H2,(H,18,19). The summed E-state index contributed by atoms with van der Waals surface area (Å²) in [6.07, 6.45) is 8.11. The molecule has 98 valence electrons. The molecular weight excluding hydrogens is 246 g/mol. The van der Waals surface area contributed by atoms with E-state index in [0.29, 0.717) is 24.6 Å². The summed E-state index contributed by atoms with van der Waals surface area (Å²) >= 11 is 0. The quantitative estimate of drug-likeness (QED) is 0.874. The zero-order chi connectivity index (χ0) is 13.2. The minimum atomic E-state index is -0.816. The van der Waals surface area contributed by atoms with Gasteiger partial charge in [-0.05, 0) is 18.9 Å². The van der Waals surface area contributed by atoms with Crippen molar-refractivity contribution >= 4 is 11.8 Å². The summed E-state index contributed by atoms with van der Waals surface area (Å²) < 4.78 is 1.60. The van der Waals surface area contributed by atoms with Gasteiger partial charge >= 0.3 is 5.97 Å². The molecule has 1 aliphatic rings. The molecule has 1 N–H and O–H groups in total. The Balaban J connectivity index is 1.93. The second kappa shape index (κ2) is 4.68. The van der Waals surface area contributed by atoms with E-state index in [2.05, 4.69) is 15.1 Å². The predicted molar refractivity (Wildman–Crippen MR) is 67.2 cm³/mol. The van der Waals surface area contributed by atoms with Crippen LogP contribution in [0, 0.1) is 0 Å². The third kappa shape index (κ3) is 2.14. The number of nitrogens with zero attached hydrogens (tertiary/aromatic N) is 5. The molecule has 7 heteroatoms. The molecule has 0 radical (unpaired) electrons. The van der Waals surface area contributed by atoms with Gasteiger partial charge in [-0.1, -0.05) is 0 Å². The molecule has 7 nitrogen and oxygen atoms in total. The molecule has 0 spiro atoms. The number of carbonyl (C=O) groups is 1. The Morgan fingerprint density at radius 3 is 2.95 bits per heavy atom. The van der Waals surface area contributed by atoms with Crippen molar-refractivity contribution in [3.05, 3.63) is 30.9 Å². The first-order valence-corrected chi connectivity index (χ1v) is 6.07. The number of carboxylic acids is 1. The molecule has 19 heavy (non-hydrogen) atoms. The third-order valence-electron chi connectivity index (χ3n) is 3.18. The summed E-state index contributed by atoms with van der Waals surface area (Å²) in [5.74, 6) is 0.347. The zero-order valence-electron chi connectivity index (χ0n) is 10.2. The molecule has 3 rings (SSSR count). The summed E-state index contributed by atoms with van der Waals surface area (Å²) in [5.41, 5.74) is 0. The van der Waals surface area contributed by atoms with E-state index in [-0.39, 0.29) is 0 Å². The Kier molecular flexibility index (Phi) is 2.86. The van der Waals surface area contributed by atoms with E-state index in [1.807, 2.05) is 0 Å². The van der Waals surface area contributed by atoms with Crippen LogP contribution in [-0.4, -0.2) is 43.4 Å². The molecule has 2 aromatic heterocycles. The van der Waals surface area contributed by atoms with E-state index in [1.54, 1.807) is 40.4 Å². The first kappa shape index (κ1) is 11.6. The topological polar surface area (TPSA) is 84.1 Å². The highest BCUT2D eigenvalue weighted by molar-refractivity contribution is 5.78. The highest BCUT2D eigenvalue weighted by atomic mass is 16.4. The van der Waals surface area contributed by atoms with Crippen molar-refractivity contribution in [3.63, 3.8) is 0 Å². The molecule has 2 aromatic rings. The molecule has 3 heterocycles. The maximum atomic E-state index is 11.2. The molecular formula is C12H13N5O2. The Labute approximate surface area is 109 Å². The molecule has 0 bridgehead atoms. The van der Waals surface area contributed by atoms with Gasteiger partial charge in [-0.15, -0.1) is 0 Å². The zero-order valence-corrected chi connectivity index (χ0v) is 10.2. The SMILES string of the molecule is O=C(O)C1CCCN1c1cncc(-n2cccn2)n1. The van der Waals surface area contributed by atoms with Crippen LogP contribution in [0.4, 0.5) is 5.82 Å². The second-order valence-corrected chi connectivity index (χ2v) is 4.38. The minimum Gasteiger partial charge on any atom is -0.480 e. The van der Waals surface area contributed by atoms with Crippen LogP contribution in [0.2, 0.25) is 0 Å². The van der Waals surface area contributed by atoms with E-state index < -0.39 is 12.0 Å². The molecule has 0 aromatic carbocycles. The van der Waals surface area contributed by atoms with Crippen LogP contribution in [0.3, 0.4) is 0 Å². The number of hydrogen-bond donors (Lipinski definition) is 1. The molecule has 1 unspecified atom stereocenters. The van der Waals surface area contributed by atoms with Crippen molar-refractivity contribution in [1.29, 1.82) is 0 Å². The van der Waals surface area contributed by atoms with Crippen molar-refractivity contribution < 1.29 is 9.90 Å². The first-order chi connectivity index (χ1) is 9.25. The molecule has 0 amide bonds. The number of carboxylic acid groups (broad SMARTS) is 1. The van der Waals surface area contributed by atoms with Gasteiger partial charge in [0.25, 0.3) is 0 Å². The van der Waals surface area contributed by atoms with Gasteiger partial charge in [0.05, 0.1) is 12.4 Å². The van der Waals surface area contributed by atoms with E-state index in [0.717, 1.165) is 6.42 Å². The van der Waals surface area contributed by atoms with Gasteiger partial charge in [0.1, 0.15) is 11.9 Å². The molecule has 1 atom stereocenters. The smallest absolute Gasteiger partial charge is 0.326 e. The van der Waals surface area contributed by atoms with E-state index in [1.165, 1.54) is 0 Å². The van der Waals surface area contributed by atoms with Gasteiger partial charge in [0, 0.05) is 18.9 Å². The average molecular weight is 259 g/mol. The number of anilines is 1. The lowest BCUT2D eigenvalue weighted by Crippen LogP contribution is -2.36. The van der Waals surface area contributed by atoms with Gasteiger partial charge in [-0.25, -0.2) is 14.5 Å². The highest BCUT2D eigenvalue weighted by Gasteiger charge is 2.31. The Morgan fingerprint density at radius 2 is 2.21 bits per heavy atom. The number of hydrogen-bond acceptors (Lipinski definition) is 5. The monoisotopic (exact) mass is 259 g/mol. The number of aliphatic carboxylic acids is 1. The van der Waals surface area contributed by atoms with Crippen LogP contribution >= 0.6 is 0 Å². The summed E-state index contributed by atoms with van der Waals surface area (Å²) in [4.78, 5) is 21.5. The number of aromatic nitrogens is 4. The average Bonchev–Trinajstić information content (AvgIpc) is 3.10. The molecule has 1 aliphatic heterocycles. The lowest BCUT2D eigenvalue weighted by molar-refractivity contribution is -0.138. The van der Waals surface area contributed by atoms with Crippen molar-refractivity contribution in [2.45, 2.75) is 18.9 Å². The molecule has 1 fully saturated rings.